The molecule has 1 atom stereocenters. The molecule has 0 spiro atoms. The highest BCUT2D eigenvalue weighted by Crippen LogP contribution is 2.22. The molecule has 0 heterocycles. The molecular formula is C24H23NO. The first kappa shape index (κ1) is 17.7. The molecule has 26 heavy (non-hydrogen) atoms. The van der Waals surface area contributed by atoms with Crippen molar-refractivity contribution in [3.05, 3.63) is 113 Å². The predicted octanol–water partition coefficient (Wildman–Crippen LogP) is 5.22. The maximum absolute atomic E-state index is 12.5. The van der Waals surface area contributed by atoms with Crippen molar-refractivity contribution >= 4 is 12.0 Å². The lowest BCUT2D eigenvalue weighted by Gasteiger charge is -2.19. The van der Waals surface area contributed by atoms with Crippen molar-refractivity contribution in [2.45, 2.75) is 19.9 Å². The van der Waals surface area contributed by atoms with E-state index in [1.54, 1.807) is 6.08 Å². The van der Waals surface area contributed by atoms with Crippen LogP contribution in [0.3, 0.4) is 0 Å². The molecule has 1 N–H and O–H groups in total. The van der Waals surface area contributed by atoms with Crippen LogP contribution in [0.4, 0.5) is 0 Å². The first-order valence-corrected chi connectivity index (χ1v) is 8.78. The van der Waals surface area contributed by atoms with Crippen molar-refractivity contribution in [2.24, 2.45) is 0 Å². The van der Waals surface area contributed by atoms with Crippen LogP contribution in [0.1, 0.15) is 33.9 Å². The number of hydrogen-bond donors (Lipinski definition) is 1. The molecule has 0 unspecified atom stereocenters. The van der Waals surface area contributed by atoms with Crippen molar-refractivity contribution in [3.8, 4) is 0 Å². The number of carbonyl (C=O) groups is 1. The molecule has 2 nitrogen and oxygen atoms in total. The topological polar surface area (TPSA) is 29.1 Å². The minimum Gasteiger partial charge on any atom is -0.342 e. The molecule has 2 heteroatoms. The first-order valence-electron chi connectivity index (χ1n) is 8.78. The molecule has 0 aromatic heterocycles. The number of benzene rings is 3. The Kier molecular flexibility index (Phi) is 5.65. The molecule has 3 aromatic rings. The molecule has 3 rings (SSSR count). The van der Waals surface area contributed by atoms with E-state index >= 15 is 0 Å². The summed E-state index contributed by atoms with van der Waals surface area (Å²) in [5.74, 6) is -0.111. The van der Waals surface area contributed by atoms with Crippen LogP contribution in [0, 0.1) is 13.8 Å². The molecule has 0 saturated heterocycles. The third kappa shape index (κ3) is 4.70. The fraction of sp³-hybridized carbons (Fsp3) is 0.125. The number of rotatable bonds is 5. The predicted molar refractivity (Wildman–Crippen MR) is 108 cm³/mol. The highest BCUT2D eigenvalue weighted by Gasteiger charge is 2.15. The van der Waals surface area contributed by atoms with E-state index in [1.165, 1.54) is 11.1 Å². The van der Waals surface area contributed by atoms with E-state index in [1.807, 2.05) is 67.6 Å². The summed E-state index contributed by atoms with van der Waals surface area (Å²) in [4.78, 5) is 12.5. The van der Waals surface area contributed by atoms with Gasteiger partial charge in [0.1, 0.15) is 0 Å². The molecule has 0 aliphatic rings. The van der Waals surface area contributed by atoms with Crippen LogP contribution >= 0.6 is 0 Å². The minimum absolute atomic E-state index is 0.111. The highest BCUT2D eigenvalue weighted by molar-refractivity contribution is 5.92. The molecular weight excluding hydrogens is 318 g/mol. The van der Waals surface area contributed by atoms with Crippen LogP contribution in [-0.2, 0) is 4.79 Å². The Morgan fingerprint density at radius 1 is 0.769 bits per heavy atom. The average Bonchev–Trinajstić information content (AvgIpc) is 2.67. The number of amides is 1. The van der Waals surface area contributed by atoms with Crippen LogP contribution in [0.2, 0.25) is 0 Å². The monoisotopic (exact) mass is 341 g/mol. The van der Waals surface area contributed by atoms with E-state index in [2.05, 4.69) is 36.5 Å². The summed E-state index contributed by atoms with van der Waals surface area (Å²) >= 11 is 0. The summed E-state index contributed by atoms with van der Waals surface area (Å²) in [5.41, 5.74) is 5.55. The fourth-order valence-electron chi connectivity index (χ4n) is 2.80. The maximum Gasteiger partial charge on any atom is 0.244 e. The molecule has 0 saturated carbocycles. The van der Waals surface area contributed by atoms with Gasteiger partial charge >= 0.3 is 0 Å². The first-order chi connectivity index (χ1) is 12.6. The summed E-state index contributed by atoms with van der Waals surface area (Å²) in [6.45, 7) is 4.11. The van der Waals surface area contributed by atoms with Gasteiger partial charge in [0.25, 0.3) is 0 Å². The van der Waals surface area contributed by atoms with Crippen molar-refractivity contribution < 1.29 is 4.79 Å². The van der Waals surface area contributed by atoms with Crippen LogP contribution < -0.4 is 5.32 Å². The van der Waals surface area contributed by atoms with E-state index in [-0.39, 0.29) is 11.9 Å². The standard InChI is InChI=1S/C24H23NO/c1-18-8-12-20(13-9-18)14-17-23(26)25-24(21-6-4-3-5-7-21)22-15-10-19(2)11-16-22/h3-17,24H,1-2H3,(H,25,26)/b17-14+/t24-/m1/s1. The van der Waals surface area contributed by atoms with Gasteiger partial charge in [-0.05, 0) is 36.6 Å². The van der Waals surface area contributed by atoms with Crippen LogP contribution in [0.25, 0.3) is 6.08 Å². The fourth-order valence-corrected chi connectivity index (χ4v) is 2.80. The Hall–Kier alpha value is -3.13. The van der Waals surface area contributed by atoms with Gasteiger partial charge in [0.2, 0.25) is 5.91 Å². The second-order valence-corrected chi connectivity index (χ2v) is 6.51. The smallest absolute Gasteiger partial charge is 0.244 e. The number of aryl methyl sites for hydroxylation is 2. The lowest BCUT2D eigenvalue weighted by Crippen LogP contribution is -2.27. The second-order valence-electron chi connectivity index (χ2n) is 6.51. The zero-order chi connectivity index (χ0) is 18.4. The molecule has 0 bridgehead atoms. The number of carbonyl (C=O) groups excluding carboxylic acids is 1. The van der Waals surface area contributed by atoms with Gasteiger partial charge in [-0.25, -0.2) is 0 Å². The van der Waals surface area contributed by atoms with Gasteiger partial charge < -0.3 is 5.32 Å². The SMILES string of the molecule is Cc1ccc(/C=C/C(=O)N[C@H](c2ccccc2)c2ccc(C)cc2)cc1. The van der Waals surface area contributed by atoms with E-state index < -0.39 is 0 Å². The van der Waals surface area contributed by atoms with E-state index in [9.17, 15) is 4.79 Å². The summed E-state index contributed by atoms with van der Waals surface area (Å²) in [7, 11) is 0. The van der Waals surface area contributed by atoms with Gasteiger partial charge in [0, 0.05) is 6.08 Å². The summed E-state index contributed by atoms with van der Waals surface area (Å²) in [6.07, 6.45) is 3.43. The van der Waals surface area contributed by atoms with Gasteiger partial charge in [-0.2, -0.15) is 0 Å². The Labute approximate surface area is 155 Å². The van der Waals surface area contributed by atoms with Crippen molar-refractivity contribution in [3.63, 3.8) is 0 Å². The minimum atomic E-state index is -0.174. The van der Waals surface area contributed by atoms with Crippen LogP contribution in [0.5, 0.6) is 0 Å². The molecule has 3 aromatic carbocycles. The molecule has 0 aliphatic heterocycles. The zero-order valence-electron chi connectivity index (χ0n) is 15.1. The molecule has 130 valence electrons. The average molecular weight is 341 g/mol. The Bertz CT molecular complexity index is 878. The maximum atomic E-state index is 12.5. The van der Waals surface area contributed by atoms with E-state index in [0.717, 1.165) is 16.7 Å². The molecule has 0 fully saturated rings. The Morgan fingerprint density at radius 3 is 1.92 bits per heavy atom. The largest absolute Gasteiger partial charge is 0.342 e. The Balaban J connectivity index is 1.80. The van der Waals surface area contributed by atoms with Gasteiger partial charge in [-0.15, -0.1) is 0 Å². The highest BCUT2D eigenvalue weighted by atomic mass is 16.1. The van der Waals surface area contributed by atoms with Gasteiger partial charge in [-0.1, -0.05) is 90.0 Å². The third-order valence-corrected chi connectivity index (χ3v) is 4.33. The molecule has 0 aliphatic carbocycles. The zero-order valence-corrected chi connectivity index (χ0v) is 15.1. The lowest BCUT2D eigenvalue weighted by molar-refractivity contribution is -0.116. The summed E-state index contributed by atoms with van der Waals surface area (Å²) in [5, 5.41) is 3.12. The number of hydrogen-bond acceptors (Lipinski definition) is 1. The van der Waals surface area contributed by atoms with Crippen molar-refractivity contribution in [1.82, 2.24) is 5.32 Å². The van der Waals surface area contributed by atoms with Gasteiger partial charge in [0.05, 0.1) is 6.04 Å². The third-order valence-electron chi connectivity index (χ3n) is 4.33. The van der Waals surface area contributed by atoms with E-state index in [4.69, 9.17) is 0 Å². The van der Waals surface area contributed by atoms with Gasteiger partial charge in [-0.3, -0.25) is 4.79 Å². The summed E-state index contributed by atoms with van der Waals surface area (Å²) in [6, 6.07) is 26.2. The Morgan fingerprint density at radius 2 is 1.31 bits per heavy atom. The quantitative estimate of drug-likeness (QED) is 0.633. The lowest BCUT2D eigenvalue weighted by atomic mass is 9.98. The van der Waals surface area contributed by atoms with Crippen molar-refractivity contribution in [1.29, 1.82) is 0 Å². The van der Waals surface area contributed by atoms with Crippen LogP contribution in [-0.4, -0.2) is 5.91 Å². The number of nitrogens with one attached hydrogen (secondary N) is 1. The molecule has 0 radical (unpaired) electrons. The van der Waals surface area contributed by atoms with Gasteiger partial charge in [0.15, 0.2) is 0 Å². The second kappa shape index (κ2) is 8.30. The molecule has 1 amide bonds. The van der Waals surface area contributed by atoms with Crippen LogP contribution in [0.15, 0.2) is 84.9 Å². The normalized spacial score (nSPS) is 12.1. The van der Waals surface area contributed by atoms with Crippen molar-refractivity contribution in [2.75, 3.05) is 0 Å². The van der Waals surface area contributed by atoms with E-state index in [0.29, 0.717) is 0 Å². The summed E-state index contributed by atoms with van der Waals surface area (Å²) < 4.78 is 0.